The van der Waals surface area contributed by atoms with E-state index < -0.39 is 0 Å². The normalized spacial score (nSPS) is 20.3. The Morgan fingerprint density at radius 1 is 1.29 bits per heavy atom. The number of halogens is 1. The second-order valence-electron chi connectivity index (χ2n) is 6.52. The van der Waals surface area contributed by atoms with Gasteiger partial charge in [-0.3, -0.25) is 4.79 Å². The number of carbonyl (C=O) groups is 1. The maximum Gasteiger partial charge on any atom is 0.274 e. The zero-order valence-electron chi connectivity index (χ0n) is 13.4. The molecule has 0 radical (unpaired) electrons. The van der Waals surface area contributed by atoms with Crippen molar-refractivity contribution in [2.45, 2.75) is 25.3 Å². The van der Waals surface area contributed by atoms with Crippen molar-refractivity contribution in [3.8, 4) is 5.69 Å². The Kier molecular flexibility index (Phi) is 4.29. The van der Waals surface area contributed by atoms with E-state index in [0.29, 0.717) is 22.7 Å². The van der Waals surface area contributed by atoms with Gasteiger partial charge in [-0.2, -0.15) is 5.10 Å². The van der Waals surface area contributed by atoms with E-state index in [-0.39, 0.29) is 5.91 Å². The molecule has 1 saturated heterocycles. The Labute approximate surface area is 146 Å². The van der Waals surface area contributed by atoms with Crippen molar-refractivity contribution >= 4 is 17.5 Å². The van der Waals surface area contributed by atoms with Crippen molar-refractivity contribution in [1.82, 2.24) is 14.7 Å². The lowest BCUT2D eigenvalue weighted by Crippen LogP contribution is -2.37. The van der Waals surface area contributed by atoms with Crippen LogP contribution < -0.4 is 0 Å². The quantitative estimate of drug-likeness (QED) is 0.836. The van der Waals surface area contributed by atoms with Crippen LogP contribution in [0.1, 0.15) is 29.8 Å². The number of rotatable bonds is 5. The number of nitrogens with zero attached hydrogens (tertiary/aromatic N) is 3. The van der Waals surface area contributed by atoms with E-state index in [9.17, 15) is 4.79 Å². The Morgan fingerprint density at radius 3 is 2.83 bits per heavy atom. The highest BCUT2D eigenvalue weighted by Crippen LogP contribution is 2.30. The second-order valence-corrected chi connectivity index (χ2v) is 6.92. The molecule has 0 N–H and O–H groups in total. The van der Waals surface area contributed by atoms with Gasteiger partial charge in [-0.05, 0) is 37.5 Å². The molecule has 1 aliphatic carbocycles. The van der Waals surface area contributed by atoms with Crippen LogP contribution in [0.5, 0.6) is 0 Å². The highest BCUT2D eigenvalue weighted by atomic mass is 35.5. The van der Waals surface area contributed by atoms with E-state index in [0.717, 1.165) is 44.7 Å². The van der Waals surface area contributed by atoms with Crippen molar-refractivity contribution < 1.29 is 9.53 Å². The third-order valence-electron chi connectivity index (χ3n) is 4.63. The number of ether oxygens (including phenoxy) is 1. The van der Waals surface area contributed by atoms with Gasteiger partial charge in [0.2, 0.25) is 0 Å². The lowest BCUT2D eigenvalue weighted by molar-refractivity contribution is 0.0700. The molecule has 2 aromatic rings. The molecule has 24 heavy (non-hydrogen) atoms. The first kappa shape index (κ1) is 15.7. The van der Waals surface area contributed by atoms with Crippen LogP contribution in [-0.2, 0) is 4.74 Å². The van der Waals surface area contributed by atoms with Gasteiger partial charge in [0.05, 0.1) is 17.3 Å². The number of hydrogen-bond acceptors (Lipinski definition) is 3. The fraction of sp³-hybridized carbons (Fsp3) is 0.444. The number of para-hydroxylation sites is 1. The molecule has 1 amide bonds. The molecule has 1 aliphatic heterocycles. The maximum atomic E-state index is 12.9. The zero-order valence-corrected chi connectivity index (χ0v) is 14.2. The Bertz CT molecular complexity index is 735. The molecule has 2 fully saturated rings. The molecule has 1 unspecified atom stereocenters. The van der Waals surface area contributed by atoms with Crippen LogP contribution in [0.25, 0.3) is 5.69 Å². The molecule has 2 heterocycles. The number of hydrogen-bond donors (Lipinski definition) is 0. The standard InChI is InChI=1S/C18H20ClN3O2/c19-15-3-1-2-4-17(15)22-9-7-16(20-22)18(23)21(14-5-6-14)11-13-8-10-24-12-13/h1-4,7,9,13-14H,5-6,8,10-12H2. The lowest BCUT2D eigenvalue weighted by atomic mass is 10.1. The molecular weight excluding hydrogens is 326 g/mol. The van der Waals surface area contributed by atoms with Gasteiger partial charge < -0.3 is 9.64 Å². The van der Waals surface area contributed by atoms with Gasteiger partial charge in [0.25, 0.3) is 5.91 Å². The minimum Gasteiger partial charge on any atom is -0.381 e. The van der Waals surface area contributed by atoms with Crippen molar-refractivity contribution in [3.63, 3.8) is 0 Å². The van der Waals surface area contributed by atoms with Gasteiger partial charge >= 0.3 is 0 Å². The van der Waals surface area contributed by atoms with Gasteiger partial charge in [-0.15, -0.1) is 0 Å². The van der Waals surface area contributed by atoms with Crippen LogP contribution in [0.3, 0.4) is 0 Å². The summed E-state index contributed by atoms with van der Waals surface area (Å²) in [5, 5.41) is 5.07. The Hall–Kier alpha value is -1.85. The van der Waals surface area contributed by atoms with Gasteiger partial charge in [0.15, 0.2) is 5.69 Å². The van der Waals surface area contributed by atoms with Gasteiger partial charge in [0.1, 0.15) is 0 Å². The molecule has 6 heteroatoms. The summed E-state index contributed by atoms with van der Waals surface area (Å²) in [6.45, 7) is 2.32. The largest absolute Gasteiger partial charge is 0.381 e. The molecule has 126 valence electrons. The van der Waals surface area contributed by atoms with E-state index in [2.05, 4.69) is 5.10 Å². The fourth-order valence-electron chi connectivity index (χ4n) is 3.15. The van der Waals surface area contributed by atoms with Crippen molar-refractivity contribution in [2.75, 3.05) is 19.8 Å². The van der Waals surface area contributed by atoms with Crippen molar-refractivity contribution in [2.24, 2.45) is 5.92 Å². The SMILES string of the molecule is O=C(c1ccn(-c2ccccc2Cl)n1)N(CC1CCOC1)C1CC1. The highest BCUT2D eigenvalue weighted by molar-refractivity contribution is 6.32. The van der Waals surface area contributed by atoms with E-state index in [1.807, 2.05) is 29.2 Å². The molecule has 1 atom stereocenters. The molecule has 2 aliphatic rings. The molecule has 1 aromatic carbocycles. The lowest BCUT2D eigenvalue weighted by Gasteiger charge is -2.24. The smallest absolute Gasteiger partial charge is 0.274 e. The summed E-state index contributed by atoms with van der Waals surface area (Å²) in [6, 6.07) is 9.62. The molecule has 0 bridgehead atoms. The van der Waals surface area contributed by atoms with Crippen LogP contribution in [0.4, 0.5) is 0 Å². The third-order valence-corrected chi connectivity index (χ3v) is 4.95. The minimum atomic E-state index is 0.00945. The summed E-state index contributed by atoms with van der Waals surface area (Å²) in [5.74, 6) is 0.454. The summed E-state index contributed by atoms with van der Waals surface area (Å²) in [7, 11) is 0. The summed E-state index contributed by atoms with van der Waals surface area (Å²) in [6.07, 6.45) is 5.00. The number of carbonyl (C=O) groups excluding carboxylic acids is 1. The molecule has 0 spiro atoms. The van der Waals surface area contributed by atoms with Crippen LogP contribution in [0, 0.1) is 5.92 Å². The predicted octanol–water partition coefficient (Wildman–Crippen LogP) is 3.17. The number of aromatic nitrogens is 2. The van der Waals surface area contributed by atoms with E-state index in [1.165, 1.54) is 0 Å². The van der Waals surface area contributed by atoms with Crippen LogP contribution in [-0.4, -0.2) is 46.4 Å². The van der Waals surface area contributed by atoms with Gasteiger partial charge in [-0.1, -0.05) is 23.7 Å². The summed E-state index contributed by atoms with van der Waals surface area (Å²) in [5.41, 5.74) is 1.25. The monoisotopic (exact) mass is 345 g/mol. The highest BCUT2D eigenvalue weighted by Gasteiger charge is 2.36. The number of benzene rings is 1. The Morgan fingerprint density at radius 2 is 2.12 bits per heavy atom. The maximum absolute atomic E-state index is 12.9. The minimum absolute atomic E-state index is 0.00945. The first-order chi connectivity index (χ1) is 11.7. The third kappa shape index (κ3) is 3.19. The van der Waals surface area contributed by atoms with Gasteiger partial charge in [-0.25, -0.2) is 4.68 Å². The van der Waals surface area contributed by atoms with E-state index >= 15 is 0 Å². The molecule has 1 saturated carbocycles. The number of amides is 1. The molecule has 1 aromatic heterocycles. The Balaban J connectivity index is 1.54. The predicted molar refractivity (Wildman–Crippen MR) is 91.6 cm³/mol. The summed E-state index contributed by atoms with van der Waals surface area (Å²) < 4.78 is 7.11. The average Bonchev–Trinajstić information content (AvgIpc) is 3.10. The van der Waals surface area contributed by atoms with Crippen molar-refractivity contribution in [1.29, 1.82) is 0 Å². The van der Waals surface area contributed by atoms with Crippen LogP contribution >= 0.6 is 11.6 Å². The molecular formula is C18H20ClN3O2. The molecule has 5 nitrogen and oxygen atoms in total. The fourth-order valence-corrected chi connectivity index (χ4v) is 3.37. The average molecular weight is 346 g/mol. The molecule has 4 rings (SSSR count). The van der Waals surface area contributed by atoms with Gasteiger partial charge in [0, 0.05) is 31.3 Å². The topological polar surface area (TPSA) is 47.4 Å². The second kappa shape index (κ2) is 6.57. The van der Waals surface area contributed by atoms with Crippen molar-refractivity contribution in [3.05, 3.63) is 47.2 Å². The first-order valence-corrected chi connectivity index (χ1v) is 8.79. The van der Waals surface area contributed by atoms with E-state index in [4.69, 9.17) is 16.3 Å². The summed E-state index contributed by atoms with van der Waals surface area (Å²) in [4.78, 5) is 14.9. The first-order valence-electron chi connectivity index (χ1n) is 8.41. The van der Waals surface area contributed by atoms with Crippen LogP contribution in [0.15, 0.2) is 36.5 Å². The van der Waals surface area contributed by atoms with E-state index in [1.54, 1.807) is 16.9 Å². The summed E-state index contributed by atoms with van der Waals surface area (Å²) >= 11 is 6.21. The van der Waals surface area contributed by atoms with Crippen LogP contribution in [0.2, 0.25) is 5.02 Å². The zero-order chi connectivity index (χ0) is 16.5.